The molecule has 0 saturated heterocycles. The summed E-state index contributed by atoms with van der Waals surface area (Å²) < 4.78 is 2.19. The van der Waals surface area contributed by atoms with E-state index in [9.17, 15) is 0 Å². The van der Waals surface area contributed by atoms with E-state index in [2.05, 4.69) is 54.5 Å². The standard InChI is InChI=1S/C16H22N4/c1-4-19(5-2)12-16-18-14-11-13(3)7-8-15(14)20(16)10-6-9-17/h7-8,11H,4-6,10,12H2,1-3H3. The van der Waals surface area contributed by atoms with E-state index in [-0.39, 0.29) is 0 Å². The molecule has 0 unspecified atom stereocenters. The number of imidazole rings is 1. The maximum absolute atomic E-state index is 8.85. The van der Waals surface area contributed by atoms with E-state index < -0.39 is 0 Å². The molecular weight excluding hydrogens is 248 g/mol. The second-order valence-corrected chi connectivity index (χ2v) is 5.04. The molecule has 4 nitrogen and oxygen atoms in total. The molecule has 1 aromatic heterocycles. The number of aromatic nitrogens is 2. The summed E-state index contributed by atoms with van der Waals surface area (Å²) in [4.78, 5) is 7.12. The molecule has 20 heavy (non-hydrogen) atoms. The summed E-state index contributed by atoms with van der Waals surface area (Å²) in [6.07, 6.45) is 0.518. The smallest absolute Gasteiger partial charge is 0.124 e. The minimum Gasteiger partial charge on any atom is -0.326 e. The Morgan fingerprint density at radius 2 is 2.05 bits per heavy atom. The summed E-state index contributed by atoms with van der Waals surface area (Å²) >= 11 is 0. The third kappa shape index (κ3) is 3.00. The molecule has 2 aromatic rings. The first kappa shape index (κ1) is 14.5. The SMILES string of the molecule is CCN(CC)Cc1nc2cc(C)ccc2n1CCC#N. The Morgan fingerprint density at radius 3 is 2.70 bits per heavy atom. The number of nitriles is 1. The molecule has 0 fully saturated rings. The largest absolute Gasteiger partial charge is 0.326 e. The van der Waals surface area contributed by atoms with E-state index in [1.54, 1.807) is 0 Å². The van der Waals surface area contributed by atoms with Crippen molar-refractivity contribution in [2.45, 2.75) is 40.3 Å². The molecule has 1 aromatic carbocycles. The maximum atomic E-state index is 8.85. The second-order valence-electron chi connectivity index (χ2n) is 5.04. The molecule has 0 bridgehead atoms. The van der Waals surface area contributed by atoms with Gasteiger partial charge in [0.1, 0.15) is 5.82 Å². The second kappa shape index (κ2) is 6.53. The van der Waals surface area contributed by atoms with Crippen LogP contribution in [0.5, 0.6) is 0 Å². The highest BCUT2D eigenvalue weighted by molar-refractivity contribution is 5.76. The minimum atomic E-state index is 0.518. The molecule has 0 atom stereocenters. The van der Waals surface area contributed by atoms with Crippen LogP contribution in [0.4, 0.5) is 0 Å². The van der Waals surface area contributed by atoms with Crippen LogP contribution in [0.2, 0.25) is 0 Å². The van der Waals surface area contributed by atoms with Gasteiger partial charge in [0.05, 0.1) is 30.1 Å². The van der Waals surface area contributed by atoms with Crippen LogP contribution in [0.15, 0.2) is 18.2 Å². The lowest BCUT2D eigenvalue weighted by Crippen LogP contribution is -2.24. The van der Waals surface area contributed by atoms with Gasteiger partial charge in [-0.25, -0.2) is 4.98 Å². The van der Waals surface area contributed by atoms with Crippen LogP contribution in [0, 0.1) is 18.3 Å². The molecule has 0 amide bonds. The number of benzene rings is 1. The molecule has 2 rings (SSSR count). The molecule has 1 heterocycles. The number of aryl methyl sites for hydroxylation is 2. The summed E-state index contributed by atoms with van der Waals surface area (Å²) in [5, 5.41) is 8.85. The van der Waals surface area contributed by atoms with Gasteiger partial charge in [-0.1, -0.05) is 19.9 Å². The Bertz CT molecular complexity index is 617. The fourth-order valence-corrected chi connectivity index (χ4v) is 2.47. The summed E-state index contributed by atoms with van der Waals surface area (Å²) in [7, 11) is 0. The van der Waals surface area contributed by atoms with Crippen molar-refractivity contribution >= 4 is 11.0 Å². The van der Waals surface area contributed by atoms with Gasteiger partial charge in [0.2, 0.25) is 0 Å². The fraction of sp³-hybridized carbons (Fsp3) is 0.500. The van der Waals surface area contributed by atoms with E-state index in [0.717, 1.165) is 36.5 Å². The number of fused-ring (bicyclic) bond motifs is 1. The molecule has 0 aliphatic carbocycles. The van der Waals surface area contributed by atoms with Crippen LogP contribution < -0.4 is 0 Å². The number of rotatable bonds is 6. The zero-order valence-corrected chi connectivity index (χ0v) is 12.6. The van der Waals surface area contributed by atoms with E-state index >= 15 is 0 Å². The van der Waals surface area contributed by atoms with Gasteiger partial charge in [0.15, 0.2) is 0 Å². The fourth-order valence-electron chi connectivity index (χ4n) is 2.47. The van der Waals surface area contributed by atoms with E-state index in [1.165, 1.54) is 5.56 Å². The molecular formula is C16H22N4. The molecule has 0 saturated carbocycles. The van der Waals surface area contributed by atoms with Gasteiger partial charge in [-0.2, -0.15) is 5.26 Å². The number of hydrogen-bond acceptors (Lipinski definition) is 3. The lowest BCUT2D eigenvalue weighted by molar-refractivity contribution is 0.284. The molecule has 0 aliphatic rings. The number of hydrogen-bond donors (Lipinski definition) is 0. The zero-order valence-electron chi connectivity index (χ0n) is 12.6. The molecule has 0 N–H and O–H groups in total. The summed E-state index contributed by atoms with van der Waals surface area (Å²) in [5.41, 5.74) is 3.38. The highest BCUT2D eigenvalue weighted by Crippen LogP contribution is 2.19. The third-order valence-electron chi connectivity index (χ3n) is 3.69. The third-order valence-corrected chi connectivity index (χ3v) is 3.69. The van der Waals surface area contributed by atoms with Crippen LogP contribution in [0.3, 0.4) is 0 Å². The highest BCUT2D eigenvalue weighted by atomic mass is 15.2. The van der Waals surface area contributed by atoms with Crippen LogP contribution in [0.1, 0.15) is 31.7 Å². The number of nitrogens with zero attached hydrogens (tertiary/aromatic N) is 4. The van der Waals surface area contributed by atoms with Crippen LogP contribution >= 0.6 is 0 Å². The molecule has 0 radical (unpaired) electrons. The van der Waals surface area contributed by atoms with Crippen molar-refractivity contribution in [3.63, 3.8) is 0 Å². The summed E-state index contributed by atoms with van der Waals surface area (Å²) in [6, 6.07) is 8.56. The Morgan fingerprint density at radius 1 is 1.30 bits per heavy atom. The normalized spacial score (nSPS) is 11.2. The van der Waals surface area contributed by atoms with Gasteiger partial charge in [-0.3, -0.25) is 4.90 Å². The van der Waals surface area contributed by atoms with Crippen molar-refractivity contribution in [3.05, 3.63) is 29.6 Å². The average Bonchev–Trinajstić information content (AvgIpc) is 2.78. The van der Waals surface area contributed by atoms with Crippen molar-refractivity contribution in [3.8, 4) is 6.07 Å². The lowest BCUT2D eigenvalue weighted by atomic mass is 10.2. The highest BCUT2D eigenvalue weighted by Gasteiger charge is 2.12. The Labute approximate surface area is 120 Å². The van der Waals surface area contributed by atoms with Gasteiger partial charge >= 0.3 is 0 Å². The Balaban J connectivity index is 2.42. The lowest BCUT2D eigenvalue weighted by Gasteiger charge is -2.18. The average molecular weight is 270 g/mol. The van der Waals surface area contributed by atoms with Gasteiger partial charge in [-0.05, 0) is 37.7 Å². The predicted octanol–water partition coefficient (Wildman–Crippen LogP) is 3.10. The van der Waals surface area contributed by atoms with Crippen molar-refractivity contribution < 1.29 is 0 Å². The van der Waals surface area contributed by atoms with Gasteiger partial charge < -0.3 is 4.57 Å². The quantitative estimate of drug-likeness (QED) is 0.810. The van der Waals surface area contributed by atoms with Crippen LogP contribution in [-0.4, -0.2) is 27.5 Å². The van der Waals surface area contributed by atoms with E-state index in [0.29, 0.717) is 13.0 Å². The van der Waals surface area contributed by atoms with Gasteiger partial charge in [-0.15, -0.1) is 0 Å². The topological polar surface area (TPSA) is 44.9 Å². The van der Waals surface area contributed by atoms with Gasteiger partial charge in [0, 0.05) is 6.54 Å². The van der Waals surface area contributed by atoms with Crippen molar-refractivity contribution in [2.75, 3.05) is 13.1 Å². The first-order valence-electron chi connectivity index (χ1n) is 7.24. The van der Waals surface area contributed by atoms with E-state index in [1.807, 2.05) is 0 Å². The minimum absolute atomic E-state index is 0.518. The first-order valence-corrected chi connectivity index (χ1v) is 7.24. The summed E-state index contributed by atoms with van der Waals surface area (Å²) in [5.74, 6) is 1.06. The van der Waals surface area contributed by atoms with Gasteiger partial charge in [0.25, 0.3) is 0 Å². The molecule has 0 spiro atoms. The van der Waals surface area contributed by atoms with Crippen LogP contribution in [-0.2, 0) is 13.1 Å². The van der Waals surface area contributed by atoms with Crippen molar-refractivity contribution in [2.24, 2.45) is 0 Å². The predicted molar refractivity (Wildman–Crippen MR) is 81.3 cm³/mol. The van der Waals surface area contributed by atoms with E-state index in [4.69, 9.17) is 10.2 Å². The monoisotopic (exact) mass is 270 g/mol. The summed E-state index contributed by atoms with van der Waals surface area (Å²) in [6.45, 7) is 9.98. The van der Waals surface area contributed by atoms with Crippen molar-refractivity contribution in [1.29, 1.82) is 5.26 Å². The van der Waals surface area contributed by atoms with Crippen LogP contribution in [0.25, 0.3) is 11.0 Å². The van der Waals surface area contributed by atoms with Crippen molar-refractivity contribution in [1.82, 2.24) is 14.5 Å². The Kier molecular flexibility index (Phi) is 4.75. The maximum Gasteiger partial charge on any atom is 0.124 e. The zero-order chi connectivity index (χ0) is 14.5. The Hall–Kier alpha value is -1.86. The molecule has 106 valence electrons. The molecule has 0 aliphatic heterocycles. The molecule has 4 heteroatoms. The first-order chi connectivity index (χ1) is 9.69.